The number of fused-ring (bicyclic) bond motifs is 3. The molecule has 0 saturated heterocycles. The maximum absolute atomic E-state index is 14.0. The fourth-order valence-electron chi connectivity index (χ4n) is 6.99. The van der Waals surface area contributed by atoms with Gasteiger partial charge in [-0.25, -0.2) is 0 Å². The molecule has 0 aliphatic heterocycles. The van der Waals surface area contributed by atoms with E-state index in [9.17, 15) is 34.8 Å². The number of ether oxygens (including phenoxy) is 1. The number of primary amides is 1. The van der Waals surface area contributed by atoms with Crippen molar-refractivity contribution >= 4 is 23.2 Å². The molecule has 0 spiro atoms. The van der Waals surface area contributed by atoms with Crippen LogP contribution in [-0.2, 0) is 32.1 Å². The number of amides is 1. The van der Waals surface area contributed by atoms with E-state index in [0.29, 0.717) is 18.7 Å². The third kappa shape index (κ3) is 4.82. The monoisotopic (exact) mass is 591 g/mol. The number of benzene rings is 2. The average Bonchev–Trinajstić information content (AvgIpc) is 2.93. The number of phenolic OH excluding ortho intramolecular Hbond substituents is 1. The Labute approximate surface area is 249 Å². The van der Waals surface area contributed by atoms with E-state index in [4.69, 9.17) is 10.5 Å². The second-order valence-electron chi connectivity index (χ2n) is 11.9. The molecule has 11 nitrogen and oxygen atoms in total. The molecule has 1 fully saturated rings. The number of methoxy groups -OCH3 is 1. The molecule has 11 heteroatoms. The van der Waals surface area contributed by atoms with Gasteiger partial charge in [-0.1, -0.05) is 24.3 Å². The van der Waals surface area contributed by atoms with E-state index < -0.39 is 58.0 Å². The summed E-state index contributed by atoms with van der Waals surface area (Å²) in [7, 11) is 6.80. The van der Waals surface area contributed by atoms with Crippen LogP contribution in [0.5, 0.6) is 5.75 Å². The van der Waals surface area contributed by atoms with E-state index in [1.165, 1.54) is 11.0 Å². The number of ketones is 2. The van der Waals surface area contributed by atoms with Gasteiger partial charge in [-0.05, 0) is 74.3 Å². The van der Waals surface area contributed by atoms with Crippen molar-refractivity contribution < 1.29 is 39.5 Å². The van der Waals surface area contributed by atoms with Crippen molar-refractivity contribution in [3.05, 3.63) is 70.0 Å². The quantitative estimate of drug-likeness (QED) is 0.284. The molecule has 4 atom stereocenters. The molecular formula is C32H37N3O8. The van der Waals surface area contributed by atoms with E-state index >= 15 is 0 Å². The molecule has 0 bridgehead atoms. The zero-order valence-corrected chi connectivity index (χ0v) is 24.6. The van der Waals surface area contributed by atoms with Gasteiger partial charge in [0.05, 0.1) is 18.2 Å². The Morgan fingerprint density at radius 2 is 1.84 bits per heavy atom. The van der Waals surface area contributed by atoms with Gasteiger partial charge in [0.2, 0.25) is 5.78 Å². The van der Waals surface area contributed by atoms with Gasteiger partial charge in [0.25, 0.3) is 5.91 Å². The molecule has 0 unspecified atom stereocenters. The van der Waals surface area contributed by atoms with Crippen LogP contribution in [0.2, 0.25) is 0 Å². The van der Waals surface area contributed by atoms with E-state index in [1.54, 1.807) is 27.3 Å². The molecular weight excluding hydrogens is 554 g/mol. The van der Waals surface area contributed by atoms with Crippen LogP contribution in [0.3, 0.4) is 0 Å². The molecule has 6 N–H and O–H groups in total. The lowest BCUT2D eigenvalue weighted by molar-refractivity contribution is -0.153. The summed E-state index contributed by atoms with van der Waals surface area (Å²) in [6, 6.07) is 9.99. The van der Waals surface area contributed by atoms with E-state index in [2.05, 4.69) is 4.90 Å². The van der Waals surface area contributed by atoms with Gasteiger partial charge in [-0.3, -0.25) is 24.2 Å². The van der Waals surface area contributed by atoms with Crippen molar-refractivity contribution in [2.75, 3.05) is 41.4 Å². The minimum Gasteiger partial charge on any atom is -0.508 e. The van der Waals surface area contributed by atoms with Crippen molar-refractivity contribution in [1.29, 1.82) is 0 Å². The van der Waals surface area contributed by atoms with Crippen molar-refractivity contribution in [3.63, 3.8) is 0 Å². The van der Waals surface area contributed by atoms with E-state index in [1.807, 2.05) is 31.3 Å². The molecule has 0 heterocycles. The zero-order valence-electron chi connectivity index (χ0n) is 24.6. The number of nitrogens with two attached hydrogens (primary N) is 1. The van der Waals surface area contributed by atoms with Crippen molar-refractivity contribution in [2.24, 2.45) is 17.6 Å². The lowest BCUT2D eigenvalue weighted by Crippen LogP contribution is -2.65. The Morgan fingerprint density at radius 1 is 1.12 bits per heavy atom. The van der Waals surface area contributed by atoms with Gasteiger partial charge < -0.3 is 30.9 Å². The molecule has 0 aromatic heterocycles. The first kappa shape index (κ1) is 30.4. The Hall–Kier alpha value is -4.03. The molecule has 43 heavy (non-hydrogen) atoms. The molecule has 5 rings (SSSR count). The summed E-state index contributed by atoms with van der Waals surface area (Å²) in [5.41, 5.74) is 5.07. The molecule has 2 aromatic rings. The second-order valence-corrected chi connectivity index (χ2v) is 11.9. The predicted octanol–water partition coefficient (Wildman–Crippen LogP) is 1.71. The number of carbonyl (C=O) groups is 3. The molecule has 0 radical (unpaired) electrons. The van der Waals surface area contributed by atoms with Gasteiger partial charge in [0, 0.05) is 31.7 Å². The highest BCUT2D eigenvalue weighted by Gasteiger charge is 2.64. The molecule has 2 aromatic carbocycles. The van der Waals surface area contributed by atoms with Crippen LogP contribution in [0, 0.1) is 11.8 Å². The summed E-state index contributed by atoms with van der Waals surface area (Å²) in [5.74, 6) is -6.71. The van der Waals surface area contributed by atoms with Crippen LogP contribution in [-0.4, -0.2) is 101 Å². The molecule has 1 saturated carbocycles. The largest absolute Gasteiger partial charge is 0.508 e. The lowest BCUT2D eigenvalue weighted by atomic mass is 9.57. The number of hydrogen-bond acceptors (Lipinski definition) is 10. The van der Waals surface area contributed by atoms with Gasteiger partial charge in [-0.15, -0.1) is 0 Å². The van der Waals surface area contributed by atoms with Gasteiger partial charge >= 0.3 is 0 Å². The fraction of sp³-hybridized carbons (Fsp3) is 0.406. The Morgan fingerprint density at radius 3 is 2.49 bits per heavy atom. The Kier molecular flexibility index (Phi) is 7.95. The summed E-state index contributed by atoms with van der Waals surface area (Å²) < 4.78 is 5.17. The summed E-state index contributed by atoms with van der Waals surface area (Å²) >= 11 is 0. The van der Waals surface area contributed by atoms with Crippen LogP contribution >= 0.6 is 0 Å². The van der Waals surface area contributed by atoms with Crippen molar-refractivity contribution in [3.8, 4) is 16.9 Å². The number of aromatic hydroxyl groups is 1. The number of nitrogens with zero attached hydrogens (tertiary/aromatic N) is 2. The highest BCUT2D eigenvalue weighted by Crippen LogP contribution is 2.53. The molecule has 228 valence electrons. The smallest absolute Gasteiger partial charge is 0.255 e. The standard InChI is InChI=1S/C32H37N3O8/c1-34(2)26-21-14-18-13-20-19(17-7-5-6-16(12-17)15-35(3)10-11-43-4)8-9-22(36)24(20)27(37)23(18)29(39)32(21,42)30(40)25(28(26)38)31(33)41/h5-9,12,18,21,26,36-37,40,42H,10-11,13-15H2,1-4H3,(H2,33,41)/t18-,21-,26-,32-/m0/s1. The highest BCUT2D eigenvalue weighted by molar-refractivity contribution is 6.24. The number of hydrogen-bond donors (Lipinski definition) is 5. The molecule has 3 aliphatic carbocycles. The predicted molar refractivity (Wildman–Crippen MR) is 158 cm³/mol. The topological polar surface area (TPSA) is 174 Å². The number of phenols is 1. The fourth-order valence-corrected chi connectivity index (χ4v) is 6.99. The SMILES string of the molecule is COCCN(C)Cc1cccc(-c2ccc(O)c3c2C[C@H]2C[C@H]4[C@H](N(C)C)C(=O)C(C(N)=O)=C(O)[C@@]4(O)C(=O)C2=C3O)c1. The third-order valence-corrected chi connectivity index (χ3v) is 8.97. The Balaban J connectivity index is 1.63. The minimum absolute atomic E-state index is 0.0329. The maximum Gasteiger partial charge on any atom is 0.255 e. The van der Waals surface area contributed by atoms with Crippen LogP contribution in [0.4, 0.5) is 0 Å². The molecule has 1 amide bonds. The summed E-state index contributed by atoms with van der Waals surface area (Å²) in [5, 5.41) is 45.2. The average molecular weight is 592 g/mol. The third-order valence-electron chi connectivity index (χ3n) is 8.97. The lowest BCUT2D eigenvalue weighted by Gasteiger charge is -2.50. The van der Waals surface area contributed by atoms with Crippen molar-refractivity contribution in [1.82, 2.24) is 9.80 Å². The first-order valence-electron chi connectivity index (χ1n) is 14.1. The number of Topliss-reactive ketones (excluding diaryl/α,β-unsaturated/α-hetero) is 2. The maximum atomic E-state index is 14.0. The number of aliphatic hydroxyl groups excluding tert-OH is 2. The number of likely N-dealkylation sites (N-methyl/N-ethyl adjacent to an activating group) is 2. The Bertz CT molecular complexity index is 1580. The highest BCUT2D eigenvalue weighted by atomic mass is 16.5. The van der Waals surface area contributed by atoms with Crippen LogP contribution in [0.25, 0.3) is 16.9 Å². The zero-order chi connectivity index (χ0) is 31.4. The first-order valence-corrected chi connectivity index (χ1v) is 14.1. The van der Waals surface area contributed by atoms with Crippen LogP contribution in [0.1, 0.15) is 23.1 Å². The minimum atomic E-state index is -2.67. The van der Waals surface area contributed by atoms with E-state index in [-0.39, 0.29) is 29.7 Å². The summed E-state index contributed by atoms with van der Waals surface area (Å²) in [4.78, 5) is 43.1. The van der Waals surface area contributed by atoms with Gasteiger partial charge in [0.1, 0.15) is 22.8 Å². The van der Waals surface area contributed by atoms with Gasteiger partial charge in [-0.2, -0.15) is 0 Å². The van der Waals surface area contributed by atoms with Crippen molar-refractivity contribution in [2.45, 2.75) is 31.0 Å². The van der Waals surface area contributed by atoms with E-state index in [0.717, 1.165) is 23.2 Å². The second kappa shape index (κ2) is 11.2. The summed E-state index contributed by atoms with van der Waals surface area (Å²) in [6.07, 6.45) is 0.251. The van der Waals surface area contributed by atoms with Crippen LogP contribution < -0.4 is 5.73 Å². The number of carbonyl (C=O) groups excluding carboxylic acids is 3. The molecule has 3 aliphatic rings. The number of rotatable bonds is 8. The first-order chi connectivity index (χ1) is 20.3. The van der Waals surface area contributed by atoms with Gasteiger partial charge in [0.15, 0.2) is 11.4 Å². The summed E-state index contributed by atoms with van der Waals surface area (Å²) in [6.45, 7) is 2.03. The number of aliphatic hydroxyl groups is 3. The normalized spacial score (nSPS) is 25.2. The van der Waals surface area contributed by atoms with Crippen LogP contribution in [0.15, 0.2) is 53.3 Å².